The van der Waals surface area contributed by atoms with Crippen LogP contribution >= 0.6 is 0 Å². The van der Waals surface area contributed by atoms with E-state index in [2.05, 4.69) is 9.71 Å². The van der Waals surface area contributed by atoms with Crippen LogP contribution in [0.1, 0.15) is 5.56 Å². The van der Waals surface area contributed by atoms with Gasteiger partial charge in [0, 0.05) is 13.1 Å². The van der Waals surface area contributed by atoms with Crippen molar-refractivity contribution in [2.45, 2.75) is 18.4 Å². The van der Waals surface area contributed by atoms with Gasteiger partial charge in [0.1, 0.15) is 0 Å². The molecule has 0 saturated carbocycles. The van der Waals surface area contributed by atoms with E-state index < -0.39 is 21.1 Å². The molecule has 2 aromatic carbocycles. The average molecular weight is 359 g/mol. The minimum Gasteiger partial charge on any atom is -0.316 e. The van der Waals surface area contributed by atoms with Crippen molar-refractivity contribution >= 4 is 21.1 Å². The van der Waals surface area contributed by atoms with E-state index in [-0.39, 0.29) is 18.0 Å². The molecular formula is C17H17N3O4S. The van der Waals surface area contributed by atoms with Gasteiger partial charge in [0.15, 0.2) is 0 Å². The fourth-order valence-corrected chi connectivity index (χ4v) is 3.56. The molecule has 3 rings (SSSR count). The Morgan fingerprint density at radius 3 is 2.44 bits per heavy atom. The van der Waals surface area contributed by atoms with E-state index in [1.54, 1.807) is 36.4 Å². The van der Waals surface area contributed by atoms with E-state index in [9.17, 15) is 18.0 Å². The number of aromatic amines is 1. The lowest BCUT2D eigenvalue weighted by molar-refractivity contribution is 0.572. The zero-order valence-electron chi connectivity index (χ0n) is 13.5. The molecule has 0 radical (unpaired) electrons. The molecule has 0 amide bonds. The molecule has 7 nitrogen and oxygen atoms in total. The van der Waals surface area contributed by atoms with Crippen LogP contribution in [0.25, 0.3) is 11.0 Å². The van der Waals surface area contributed by atoms with Gasteiger partial charge in [-0.15, -0.1) is 0 Å². The van der Waals surface area contributed by atoms with Gasteiger partial charge in [-0.25, -0.2) is 13.1 Å². The molecule has 0 aliphatic heterocycles. The number of para-hydroxylation sites is 2. The Hall–Kier alpha value is -2.71. The first kappa shape index (κ1) is 17.1. The highest BCUT2D eigenvalue weighted by atomic mass is 32.2. The molecule has 0 bridgehead atoms. The van der Waals surface area contributed by atoms with Crippen molar-refractivity contribution in [2.75, 3.05) is 6.54 Å². The Kier molecular flexibility index (Phi) is 4.56. The SMILES string of the molecule is Cc1ccc(S(=O)(=O)NCCn2c(=O)c(=O)[nH]c3ccccc32)cc1. The van der Waals surface area contributed by atoms with Crippen LogP contribution in [0.2, 0.25) is 0 Å². The van der Waals surface area contributed by atoms with Crippen molar-refractivity contribution in [3.63, 3.8) is 0 Å². The molecule has 0 saturated heterocycles. The minimum absolute atomic E-state index is 0.0104. The summed E-state index contributed by atoms with van der Waals surface area (Å²) in [6, 6.07) is 13.3. The zero-order chi connectivity index (χ0) is 18.0. The van der Waals surface area contributed by atoms with Crippen LogP contribution in [0.5, 0.6) is 0 Å². The highest BCUT2D eigenvalue weighted by molar-refractivity contribution is 7.89. The Bertz CT molecular complexity index is 1130. The maximum absolute atomic E-state index is 12.3. The van der Waals surface area contributed by atoms with Gasteiger partial charge in [0.25, 0.3) is 0 Å². The van der Waals surface area contributed by atoms with E-state index in [4.69, 9.17) is 0 Å². The lowest BCUT2D eigenvalue weighted by atomic mass is 10.2. The molecule has 25 heavy (non-hydrogen) atoms. The first-order valence-corrected chi connectivity index (χ1v) is 9.15. The van der Waals surface area contributed by atoms with Gasteiger partial charge in [-0.1, -0.05) is 29.8 Å². The number of rotatable bonds is 5. The second-order valence-electron chi connectivity index (χ2n) is 5.64. The largest absolute Gasteiger partial charge is 0.316 e. The van der Waals surface area contributed by atoms with E-state index in [1.807, 2.05) is 6.92 Å². The Balaban J connectivity index is 1.84. The van der Waals surface area contributed by atoms with Gasteiger partial charge in [-0.2, -0.15) is 0 Å². The smallest absolute Gasteiger partial charge is 0.316 e. The number of nitrogens with one attached hydrogen (secondary N) is 2. The van der Waals surface area contributed by atoms with Crippen LogP contribution in [0, 0.1) is 6.92 Å². The molecule has 0 fully saturated rings. The van der Waals surface area contributed by atoms with Gasteiger partial charge < -0.3 is 9.55 Å². The second-order valence-corrected chi connectivity index (χ2v) is 7.41. The van der Waals surface area contributed by atoms with Crippen molar-refractivity contribution in [3.8, 4) is 0 Å². The molecule has 0 spiro atoms. The standard InChI is InChI=1S/C17H17N3O4S/c1-12-6-8-13(9-7-12)25(23,24)18-10-11-20-15-5-3-2-4-14(15)19-16(21)17(20)22/h2-9,18H,10-11H2,1H3,(H,19,21). The van der Waals surface area contributed by atoms with E-state index >= 15 is 0 Å². The molecule has 1 heterocycles. The van der Waals surface area contributed by atoms with Gasteiger partial charge in [-0.3, -0.25) is 9.59 Å². The van der Waals surface area contributed by atoms with Crippen molar-refractivity contribution < 1.29 is 8.42 Å². The lowest BCUT2D eigenvalue weighted by Gasteiger charge is -2.11. The zero-order valence-corrected chi connectivity index (χ0v) is 14.3. The summed E-state index contributed by atoms with van der Waals surface area (Å²) in [6.07, 6.45) is 0. The molecule has 130 valence electrons. The van der Waals surface area contributed by atoms with E-state index in [1.165, 1.54) is 16.7 Å². The molecule has 1 aromatic heterocycles. The Morgan fingerprint density at radius 2 is 1.72 bits per heavy atom. The molecule has 3 aromatic rings. The number of benzene rings is 2. The van der Waals surface area contributed by atoms with Crippen molar-refractivity contribution in [1.82, 2.24) is 14.3 Å². The monoisotopic (exact) mass is 359 g/mol. The molecule has 2 N–H and O–H groups in total. The minimum atomic E-state index is -3.67. The lowest BCUT2D eigenvalue weighted by Crippen LogP contribution is -2.39. The number of nitrogens with zero attached hydrogens (tertiary/aromatic N) is 1. The van der Waals surface area contributed by atoms with Gasteiger partial charge in [0.05, 0.1) is 15.9 Å². The summed E-state index contributed by atoms with van der Waals surface area (Å²) >= 11 is 0. The third-order valence-electron chi connectivity index (χ3n) is 3.84. The average Bonchev–Trinajstić information content (AvgIpc) is 2.58. The number of H-pyrrole nitrogens is 1. The summed E-state index contributed by atoms with van der Waals surface area (Å²) in [6.45, 7) is 1.91. The number of fused-ring (bicyclic) bond motifs is 1. The summed E-state index contributed by atoms with van der Waals surface area (Å²) in [5.74, 6) is 0. The molecule has 0 unspecified atom stereocenters. The molecule has 0 aliphatic carbocycles. The van der Waals surface area contributed by atoms with Crippen LogP contribution in [0.15, 0.2) is 63.0 Å². The van der Waals surface area contributed by atoms with Crippen LogP contribution in [0.3, 0.4) is 0 Å². The fourth-order valence-electron chi connectivity index (χ4n) is 2.54. The summed E-state index contributed by atoms with van der Waals surface area (Å²) in [7, 11) is -3.67. The number of sulfonamides is 1. The summed E-state index contributed by atoms with van der Waals surface area (Å²) in [4.78, 5) is 26.5. The van der Waals surface area contributed by atoms with Crippen molar-refractivity contribution in [3.05, 3.63) is 74.8 Å². The maximum Gasteiger partial charge on any atom is 0.316 e. The van der Waals surface area contributed by atoms with Gasteiger partial charge in [-0.05, 0) is 31.2 Å². The quantitative estimate of drug-likeness (QED) is 0.663. The topological polar surface area (TPSA) is 101 Å². The number of hydrogen-bond donors (Lipinski definition) is 2. The molecule has 0 aliphatic rings. The van der Waals surface area contributed by atoms with Crippen LogP contribution in [-0.2, 0) is 16.6 Å². The normalized spacial score (nSPS) is 11.7. The number of aryl methyl sites for hydroxylation is 1. The Labute approximate surface area is 144 Å². The van der Waals surface area contributed by atoms with E-state index in [0.717, 1.165) is 5.56 Å². The first-order chi connectivity index (χ1) is 11.9. The van der Waals surface area contributed by atoms with E-state index in [0.29, 0.717) is 11.0 Å². The summed E-state index contributed by atoms with van der Waals surface area (Å²) < 4.78 is 28.3. The highest BCUT2D eigenvalue weighted by Crippen LogP contribution is 2.10. The van der Waals surface area contributed by atoms with Gasteiger partial charge in [0.2, 0.25) is 10.0 Å². The fraction of sp³-hybridized carbons (Fsp3) is 0.176. The second kappa shape index (κ2) is 6.66. The maximum atomic E-state index is 12.3. The third kappa shape index (κ3) is 3.54. The molecular weight excluding hydrogens is 342 g/mol. The number of aromatic nitrogens is 2. The predicted octanol–water partition coefficient (Wildman–Crippen LogP) is 0.977. The number of hydrogen-bond acceptors (Lipinski definition) is 4. The Morgan fingerprint density at radius 1 is 1.04 bits per heavy atom. The van der Waals surface area contributed by atoms with Crippen LogP contribution in [0.4, 0.5) is 0 Å². The summed E-state index contributed by atoms with van der Waals surface area (Å²) in [5.41, 5.74) is 0.573. The predicted molar refractivity (Wildman–Crippen MR) is 95.2 cm³/mol. The van der Waals surface area contributed by atoms with Crippen LogP contribution < -0.4 is 15.8 Å². The van der Waals surface area contributed by atoms with Crippen LogP contribution in [-0.4, -0.2) is 24.5 Å². The van der Waals surface area contributed by atoms with Gasteiger partial charge >= 0.3 is 11.1 Å². The van der Waals surface area contributed by atoms with Crippen molar-refractivity contribution in [1.29, 1.82) is 0 Å². The van der Waals surface area contributed by atoms with Crippen molar-refractivity contribution in [2.24, 2.45) is 0 Å². The third-order valence-corrected chi connectivity index (χ3v) is 5.32. The molecule has 8 heteroatoms. The molecule has 0 atom stereocenters. The highest BCUT2D eigenvalue weighted by Gasteiger charge is 2.14. The first-order valence-electron chi connectivity index (χ1n) is 7.67. The summed E-state index contributed by atoms with van der Waals surface area (Å²) in [5, 5.41) is 0.